The van der Waals surface area contributed by atoms with E-state index in [0.29, 0.717) is 16.6 Å². The van der Waals surface area contributed by atoms with Crippen LogP contribution in [0.3, 0.4) is 0 Å². The molecule has 7 heteroatoms. The summed E-state index contributed by atoms with van der Waals surface area (Å²) in [6, 6.07) is 5.19. The zero-order chi connectivity index (χ0) is 14.7. The van der Waals surface area contributed by atoms with Gasteiger partial charge in [-0.15, -0.1) is 0 Å². The van der Waals surface area contributed by atoms with E-state index in [1.54, 1.807) is 31.3 Å². The van der Waals surface area contributed by atoms with Crippen molar-refractivity contribution in [2.24, 2.45) is 0 Å². The van der Waals surface area contributed by atoms with E-state index in [4.69, 9.17) is 33.7 Å². The number of carbonyl (C=O) groups is 1. The van der Waals surface area contributed by atoms with E-state index < -0.39 is 5.97 Å². The molecule has 0 aliphatic carbocycles. The lowest BCUT2D eigenvalue weighted by Crippen LogP contribution is -2.09. The zero-order valence-corrected chi connectivity index (χ0v) is 12.3. The van der Waals surface area contributed by atoms with Gasteiger partial charge in [0.1, 0.15) is 0 Å². The monoisotopic (exact) mass is 313 g/mol. The van der Waals surface area contributed by atoms with Crippen LogP contribution >= 0.6 is 23.2 Å². The molecule has 0 bridgehead atoms. The largest absolute Gasteiger partial charge is 0.461 e. The number of aromatic nitrogens is 2. The zero-order valence-electron chi connectivity index (χ0n) is 10.8. The van der Waals surface area contributed by atoms with Crippen LogP contribution in [0.2, 0.25) is 10.0 Å². The van der Waals surface area contributed by atoms with Crippen molar-refractivity contribution in [3.63, 3.8) is 0 Å². The van der Waals surface area contributed by atoms with Crippen LogP contribution in [0, 0.1) is 0 Å². The molecule has 20 heavy (non-hydrogen) atoms. The van der Waals surface area contributed by atoms with Crippen LogP contribution in [0.15, 0.2) is 24.4 Å². The maximum absolute atomic E-state index is 11.6. The molecule has 0 saturated carbocycles. The van der Waals surface area contributed by atoms with Gasteiger partial charge in [0.05, 0.1) is 18.8 Å². The lowest BCUT2D eigenvalue weighted by Gasteiger charge is -2.04. The fourth-order valence-corrected chi connectivity index (χ4v) is 2.17. The molecule has 0 radical (unpaired) electrons. The van der Waals surface area contributed by atoms with Crippen molar-refractivity contribution in [3.8, 4) is 0 Å². The quantitative estimate of drug-likeness (QED) is 0.881. The van der Waals surface area contributed by atoms with Gasteiger partial charge in [-0.25, -0.2) is 4.79 Å². The van der Waals surface area contributed by atoms with Gasteiger partial charge in [0, 0.05) is 16.2 Å². The summed E-state index contributed by atoms with van der Waals surface area (Å²) in [7, 11) is 0. The number of rotatable bonds is 4. The van der Waals surface area contributed by atoms with Crippen LogP contribution in [0.4, 0.5) is 5.69 Å². The molecule has 0 atom stereocenters. The molecule has 106 valence electrons. The van der Waals surface area contributed by atoms with Crippen LogP contribution in [-0.2, 0) is 11.3 Å². The minimum Gasteiger partial charge on any atom is -0.461 e. The van der Waals surface area contributed by atoms with Gasteiger partial charge < -0.3 is 10.5 Å². The molecule has 0 amide bonds. The second kappa shape index (κ2) is 6.15. The van der Waals surface area contributed by atoms with E-state index in [-0.39, 0.29) is 18.0 Å². The Morgan fingerprint density at radius 2 is 2.20 bits per heavy atom. The molecule has 1 aromatic heterocycles. The SMILES string of the molecule is CCOC(=O)c1nn(Cc2ccc(Cl)cc2Cl)cc1N. The summed E-state index contributed by atoms with van der Waals surface area (Å²) in [5.41, 5.74) is 6.96. The fourth-order valence-electron chi connectivity index (χ4n) is 1.70. The maximum Gasteiger partial charge on any atom is 0.361 e. The van der Waals surface area contributed by atoms with Gasteiger partial charge in [0.25, 0.3) is 0 Å². The number of anilines is 1. The van der Waals surface area contributed by atoms with Crippen LogP contribution in [0.25, 0.3) is 0 Å². The molecule has 0 saturated heterocycles. The number of nitrogen functional groups attached to an aromatic ring is 1. The molecule has 2 N–H and O–H groups in total. The van der Waals surface area contributed by atoms with Crippen LogP contribution in [0.1, 0.15) is 23.0 Å². The Morgan fingerprint density at radius 3 is 2.85 bits per heavy atom. The molecule has 0 spiro atoms. The number of hydrogen-bond acceptors (Lipinski definition) is 4. The summed E-state index contributed by atoms with van der Waals surface area (Å²) in [5.74, 6) is -0.536. The Morgan fingerprint density at radius 1 is 1.45 bits per heavy atom. The molecule has 2 rings (SSSR count). The average molecular weight is 314 g/mol. The van der Waals surface area contributed by atoms with E-state index >= 15 is 0 Å². The number of esters is 1. The predicted molar refractivity (Wildman–Crippen MR) is 78.2 cm³/mol. The Hall–Kier alpha value is -1.72. The third kappa shape index (κ3) is 3.23. The van der Waals surface area contributed by atoms with Crippen molar-refractivity contribution in [1.82, 2.24) is 9.78 Å². The highest BCUT2D eigenvalue weighted by Crippen LogP contribution is 2.22. The van der Waals surface area contributed by atoms with Crippen molar-refractivity contribution in [1.29, 1.82) is 0 Å². The molecular weight excluding hydrogens is 301 g/mol. The summed E-state index contributed by atoms with van der Waals surface area (Å²) in [6.07, 6.45) is 1.57. The van der Waals surface area contributed by atoms with Gasteiger partial charge in [0.15, 0.2) is 5.69 Å². The van der Waals surface area contributed by atoms with Crippen molar-refractivity contribution in [2.45, 2.75) is 13.5 Å². The van der Waals surface area contributed by atoms with Crippen molar-refractivity contribution >= 4 is 34.9 Å². The number of hydrogen-bond donors (Lipinski definition) is 1. The summed E-state index contributed by atoms with van der Waals surface area (Å²) in [4.78, 5) is 11.6. The molecular formula is C13H13Cl2N3O2. The topological polar surface area (TPSA) is 70.1 Å². The van der Waals surface area contributed by atoms with Crippen molar-refractivity contribution in [2.75, 3.05) is 12.3 Å². The average Bonchev–Trinajstić information content (AvgIpc) is 2.74. The molecule has 1 heterocycles. The normalized spacial score (nSPS) is 10.6. The number of nitrogens with zero attached hydrogens (tertiary/aromatic N) is 2. The summed E-state index contributed by atoms with van der Waals surface area (Å²) < 4.78 is 6.41. The van der Waals surface area contributed by atoms with Gasteiger partial charge in [-0.3, -0.25) is 4.68 Å². The molecule has 0 aliphatic heterocycles. The lowest BCUT2D eigenvalue weighted by atomic mass is 10.2. The molecule has 0 unspecified atom stereocenters. The Kier molecular flexibility index (Phi) is 4.52. The van der Waals surface area contributed by atoms with Crippen molar-refractivity contribution < 1.29 is 9.53 Å². The third-order valence-corrected chi connectivity index (χ3v) is 3.19. The molecule has 0 aliphatic rings. The smallest absolute Gasteiger partial charge is 0.361 e. The first kappa shape index (κ1) is 14.7. The van der Waals surface area contributed by atoms with Gasteiger partial charge in [0.2, 0.25) is 0 Å². The lowest BCUT2D eigenvalue weighted by molar-refractivity contribution is 0.0519. The van der Waals surface area contributed by atoms with E-state index in [0.717, 1.165) is 5.56 Å². The highest BCUT2D eigenvalue weighted by molar-refractivity contribution is 6.35. The highest BCUT2D eigenvalue weighted by atomic mass is 35.5. The Bertz CT molecular complexity index is 641. The number of carbonyl (C=O) groups excluding carboxylic acids is 1. The number of halogens is 2. The Balaban J connectivity index is 2.22. The predicted octanol–water partition coefficient (Wildman–Crippen LogP) is 3.00. The second-order valence-corrected chi connectivity index (χ2v) is 4.93. The first-order chi connectivity index (χ1) is 9.51. The second-order valence-electron chi connectivity index (χ2n) is 4.09. The maximum atomic E-state index is 11.6. The molecule has 2 aromatic rings. The summed E-state index contributed by atoms with van der Waals surface area (Å²) in [6.45, 7) is 2.38. The molecule has 5 nitrogen and oxygen atoms in total. The van der Waals surface area contributed by atoms with Crippen LogP contribution in [-0.4, -0.2) is 22.4 Å². The highest BCUT2D eigenvalue weighted by Gasteiger charge is 2.16. The van der Waals surface area contributed by atoms with Crippen LogP contribution < -0.4 is 5.73 Å². The standard InChI is InChI=1S/C13H13Cl2N3O2/c1-2-20-13(19)12-11(16)7-18(17-12)6-8-3-4-9(14)5-10(8)15/h3-5,7H,2,6,16H2,1H3. The summed E-state index contributed by atoms with van der Waals surface area (Å²) >= 11 is 11.9. The van der Waals surface area contributed by atoms with Gasteiger partial charge in [-0.05, 0) is 24.6 Å². The Labute approximate surface area is 126 Å². The first-order valence-electron chi connectivity index (χ1n) is 5.95. The van der Waals surface area contributed by atoms with Gasteiger partial charge in [-0.1, -0.05) is 29.3 Å². The minimum atomic E-state index is -0.536. The van der Waals surface area contributed by atoms with Gasteiger partial charge >= 0.3 is 5.97 Å². The summed E-state index contributed by atoms with van der Waals surface area (Å²) in [5, 5.41) is 5.21. The number of nitrogens with two attached hydrogens (primary N) is 1. The van der Waals surface area contributed by atoms with Crippen LogP contribution in [0.5, 0.6) is 0 Å². The molecule has 0 fully saturated rings. The molecule has 1 aromatic carbocycles. The van der Waals surface area contributed by atoms with E-state index in [1.807, 2.05) is 0 Å². The van der Waals surface area contributed by atoms with E-state index in [1.165, 1.54) is 4.68 Å². The third-order valence-electron chi connectivity index (χ3n) is 2.61. The number of benzene rings is 1. The minimum absolute atomic E-state index is 0.108. The fraction of sp³-hybridized carbons (Fsp3) is 0.231. The number of ether oxygens (including phenoxy) is 1. The van der Waals surface area contributed by atoms with E-state index in [9.17, 15) is 4.79 Å². The first-order valence-corrected chi connectivity index (χ1v) is 6.70. The van der Waals surface area contributed by atoms with Gasteiger partial charge in [-0.2, -0.15) is 5.10 Å². The van der Waals surface area contributed by atoms with E-state index in [2.05, 4.69) is 5.10 Å². The van der Waals surface area contributed by atoms with Crippen molar-refractivity contribution in [3.05, 3.63) is 45.7 Å².